The number of carbonyl (C=O) groups is 1. The molecule has 2 aromatic heterocycles. The number of nitrogens with one attached hydrogen (secondary N) is 1. The molecule has 0 saturated carbocycles. The zero-order valence-electron chi connectivity index (χ0n) is 17.5. The SMILES string of the molecule is C[C@@H]1Cc2nn3c(c2CN1C(=O)Nc1ccnc(C(F)F)c1F)C(F)(F)CC[C@](F)(CO)C3. The zero-order valence-corrected chi connectivity index (χ0v) is 17.5. The predicted molar refractivity (Wildman–Crippen MR) is 103 cm³/mol. The second-order valence-corrected chi connectivity index (χ2v) is 8.41. The van der Waals surface area contributed by atoms with Gasteiger partial charge in [0, 0.05) is 30.6 Å². The van der Waals surface area contributed by atoms with E-state index >= 15 is 0 Å². The van der Waals surface area contributed by atoms with Crippen LogP contribution in [0.1, 0.15) is 48.8 Å². The molecule has 4 rings (SSSR count). The highest BCUT2D eigenvalue weighted by Gasteiger charge is 2.48. The maximum atomic E-state index is 14.9. The Morgan fingerprint density at radius 2 is 2.06 bits per heavy atom. The Kier molecular flexibility index (Phi) is 5.79. The number of hydrogen-bond acceptors (Lipinski definition) is 4. The third-order valence-corrected chi connectivity index (χ3v) is 6.06. The Bertz CT molecular complexity index is 1080. The van der Waals surface area contributed by atoms with E-state index in [2.05, 4.69) is 15.4 Å². The fourth-order valence-electron chi connectivity index (χ4n) is 4.26. The van der Waals surface area contributed by atoms with Crippen LogP contribution in [0.5, 0.6) is 0 Å². The van der Waals surface area contributed by atoms with E-state index in [0.29, 0.717) is 0 Å². The highest BCUT2D eigenvalue weighted by atomic mass is 19.3. The van der Waals surface area contributed by atoms with Crippen molar-refractivity contribution in [3.63, 3.8) is 0 Å². The van der Waals surface area contributed by atoms with E-state index in [-0.39, 0.29) is 24.2 Å². The average Bonchev–Trinajstić information content (AvgIpc) is 3.05. The van der Waals surface area contributed by atoms with Gasteiger partial charge in [0.2, 0.25) is 0 Å². The number of aromatic nitrogens is 3. The van der Waals surface area contributed by atoms with Crippen molar-refractivity contribution in [3.8, 4) is 0 Å². The number of rotatable bonds is 3. The number of anilines is 1. The second-order valence-electron chi connectivity index (χ2n) is 8.41. The molecule has 180 valence electrons. The number of alkyl halides is 5. The molecule has 2 atom stereocenters. The van der Waals surface area contributed by atoms with E-state index in [1.54, 1.807) is 6.92 Å². The van der Waals surface area contributed by atoms with E-state index in [1.807, 2.05) is 0 Å². The lowest BCUT2D eigenvalue weighted by molar-refractivity contribution is -0.0324. The number of halogens is 6. The molecule has 33 heavy (non-hydrogen) atoms. The van der Waals surface area contributed by atoms with Gasteiger partial charge in [-0.15, -0.1) is 0 Å². The van der Waals surface area contributed by atoms with E-state index in [9.17, 15) is 36.2 Å². The lowest BCUT2D eigenvalue weighted by atomic mass is 9.95. The minimum absolute atomic E-state index is 0.0545. The Morgan fingerprint density at radius 3 is 2.73 bits per heavy atom. The second kappa shape index (κ2) is 8.19. The van der Waals surface area contributed by atoms with Crippen molar-refractivity contribution in [2.45, 2.75) is 63.3 Å². The first kappa shape index (κ1) is 23.3. The summed E-state index contributed by atoms with van der Waals surface area (Å²) in [4.78, 5) is 17.2. The molecular formula is C20H21F6N5O2. The number of hydrogen-bond donors (Lipinski definition) is 2. The molecule has 7 nitrogen and oxygen atoms in total. The van der Waals surface area contributed by atoms with Crippen LogP contribution in [0.2, 0.25) is 0 Å². The van der Waals surface area contributed by atoms with Gasteiger partial charge in [-0.2, -0.15) is 13.9 Å². The first-order valence-electron chi connectivity index (χ1n) is 10.2. The fraction of sp³-hybridized carbons (Fsp3) is 0.550. The van der Waals surface area contributed by atoms with Gasteiger partial charge in [0.1, 0.15) is 11.4 Å². The monoisotopic (exact) mass is 477 g/mol. The molecular weight excluding hydrogens is 456 g/mol. The highest BCUT2D eigenvalue weighted by molar-refractivity contribution is 5.90. The van der Waals surface area contributed by atoms with Crippen molar-refractivity contribution in [1.82, 2.24) is 19.7 Å². The van der Waals surface area contributed by atoms with Crippen molar-refractivity contribution in [2.75, 3.05) is 11.9 Å². The third kappa shape index (κ3) is 4.13. The van der Waals surface area contributed by atoms with Gasteiger partial charge < -0.3 is 15.3 Å². The van der Waals surface area contributed by atoms with Gasteiger partial charge in [-0.25, -0.2) is 22.4 Å². The van der Waals surface area contributed by atoms with Crippen molar-refractivity contribution in [1.29, 1.82) is 0 Å². The van der Waals surface area contributed by atoms with Gasteiger partial charge in [-0.3, -0.25) is 9.67 Å². The first-order chi connectivity index (χ1) is 15.5. The molecule has 2 aromatic rings. The summed E-state index contributed by atoms with van der Waals surface area (Å²) in [7, 11) is 0. The predicted octanol–water partition coefficient (Wildman–Crippen LogP) is 3.92. The van der Waals surface area contributed by atoms with E-state index < -0.39 is 79.0 Å². The average molecular weight is 477 g/mol. The smallest absolute Gasteiger partial charge is 0.322 e. The van der Waals surface area contributed by atoms with Crippen LogP contribution in [-0.2, 0) is 25.4 Å². The molecule has 13 heteroatoms. The summed E-state index contributed by atoms with van der Waals surface area (Å²) in [6.07, 6.45) is -3.62. The van der Waals surface area contributed by atoms with Crippen LogP contribution in [0.15, 0.2) is 12.3 Å². The molecule has 4 heterocycles. The van der Waals surface area contributed by atoms with Crippen LogP contribution < -0.4 is 5.32 Å². The van der Waals surface area contributed by atoms with Crippen LogP contribution in [0.3, 0.4) is 0 Å². The Morgan fingerprint density at radius 1 is 1.33 bits per heavy atom. The van der Waals surface area contributed by atoms with Crippen molar-refractivity contribution >= 4 is 11.7 Å². The molecule has 2 aliphatic heterocycles. The number of nitrogens with zero attached hydrogens (tertiary/aromatic N) is 4. The minimum atomic E-state index is -3.45. The summed E-state index contributed by atoms with van der Waals surface area (Å²) >= 11 is 0. The largest absolute Gasteiger partial charge is 0.393 e. The highest BCUT2D eigenvalue weighted by Crippen LogP contribution is 2.44. The Balaban J connectivity index is 1.64. The number of amides is 2. The lowest BCUT2D eigenvalue weighted by Gasteiger charge is -2.33. The van der Waals surface area contributed by atoms with Crippen LogP contribution >= 0.6 is 0 Å². The van der Waals surface area contributed by atoms with Crippen molar-refractivity contribution in [3.05, 3.63) is 40.7 Å². The number of carbonyl (C=O) groups excluding carboxylic acids is 1. The summed E-state index contributed by atoms with van der Waals surface area (Å²) < 4.78 is 85.6. The number of aliphatic hydroxyl groups excluding tert-OH is 1. The maximum Gasteiger partial charge on any atom is 0.322 e. The molecule has 0 radical (unpaired) electrons. The number of pyridine rings is 1. The molecule has 0 aromatic carbocycles. The van der Waals surface area contributed by atoms with Gasteiger partial charge in [-0.1, -0.05) is 0 Å². The maximum absolute atomic E-state index is 14.9. The van der Waals surface area contributed by atoms with Crippen molar-refractivity contribution < 1.29 is 36.2 Å². The lowest BCUT2D eigenvalue weighted by Crippen LogP contribution is -2.45. The number of aliphatic hydroxyl groups is 1. The topological polar surface area (TPSA) is 83.3 Å². The zero-order chi connectivity index (χ0) is 24.1. The summed E-state index contributed by atoms with van der Waals surface area (Å²) in [5.74, 6) is -4.84. The molecule has 0 spiro atoms. The van der Waals surface area contributed by atoms with Gasteiger partial charge in [-0.05, 0) is 19.4 Å². The van der Waals surface area contributed by atoms with Gasteiger partial charge >= 0.3 is 6.03 Å². The quantitative estimate of drug-likeness (QED) is 0.657. The van der Waals surface area contributed by atoms with Crippen molar-refractivity contribution in [2.24, 2.45) is 0 Å². The molecule has 2 aliphatic rings. The van der Waals surface area contributed by atoms with E-state index in [0.717, 1.165) is 21.8 Å². The Labute approximate surface area is 184 Å². The summed E-state index contributed by atoms with van der Waals surface area (Å²) in [5.41, 5.74) is -4.09. The summed E-state index contributed by atoms with van der Waals surface area (Å²) in [6, 6.07) is -0.433. The van der Waals surface area contributed by atoms with Crippen LogP contribution in [-0.4, -0.2) is 49.1 Å². The Hall–Kier alpha value is -2.83. The minimum Gasteiger partial charge on any atom is -0.393 e. The normalized spacial score (nSPS) is 24.3. The molecule has 0 unspecified atom stereocenters. The standard InChI is InChI=1S/C20H21F6N5O2/c1-10-6-13-11(16-20(25,26)4-3-19(24,9-32)8-31(16)29-13)7-30(10)18(33)28-12-2-5-27-15(14(12)21)17(22)23/h2,5,10,17,32H,3-4,6-9H2,1H3,(H,27,28,33)/t10-,19-/m1/s1. The van der Waals surface area contributed by atoms with Crippen LogP contribution in [0.4, 0.5) is 36.8 Å². The van der Waals surface area contributed by atoms with Crippen LogP contribution in [0, 0.1) is 5.82 Å². The third-order valence-electron chi connectivity index (χ3n) is 6.06. The number of urea groups is 1. The van der Waals surface area contributed by atoms with Gasteiger partial charge in [0.25, 0.3) is 12.3 Å². The van der Waals surface area contributed by atoms with Crippen LogP contribution in [0.25, 0.3) is 0 Å². The molecule has 2 amide bonds. The summed E-state index contributed by atoms with van der Waals surface area (Å²) in [6.45, 7) is -0.192. The van der Waals surface area contributed by atoms with Gasteiger partial charge in [0.15, 0.2) is 11.5 Å². The van der Waals surface area contributed by atoms with E-state index in [4.69, 9.17) is 0 Å². The first-order valence-corrected chi connectivity index (χ1v) is 10.2. The number of fused-ring (bicyclic) bond motifs is 3. The molecule has 0 saturated heterocycles. The van der Waals surface area contributed by atoms with Gasteiger partial charge in [0.05, 0.1) is 31.1 Å². The fourth-order valence-corrected chi connectivity index (χ4v) is 4.26. The molecule has 2 N–H and O–H groups in total. The molecule has 0 aliphatic carbocycles. The molecule has 0 bridgehead atoms. The summed E-state index contributed by atoms with van der Waals surface area (Å²) in [5, 5.41) is 15.7. The molecule has 0 fully saturated rings. The van der Waals surface area contributed by atoms with E-state index in [1.165, 1.54) is 0 Å².